The molecule has 1 nitrogen and oxygen atoms in total. The van der Waals surface area contributed by atoms with Crippen molar-refractivity contribution in [2.45, 2.75) is 32.1 Å². The van der Waals surface area contributed by atoms with E-state index in [4.69, 9.17) is 0 Å². The van der Waals surface area contributed by atoms with Crippen molar-refractivity contribution in [2.24, 2.45) is 0 Å². The topological polar surface area (TPSA) is 20.2 Å². The number of aliphatic hydroxyl groups excluding tert-OH is 1. The van der Waals surface area contributed by atoms with Crippen molar-refractivity contribution in [1.29, 1.82) is 0 Å². The standard InChI is InChI=1S/C18H21FO/c1-3-14-4-6-15(7-5-14)12-18(2,13-20)16-8-10-17(19)11-9-16/h4-11,20H,3,12-13H2,1-2H3. The molecule has 0 saturated carbocycles. The van der Waals surface area contributed by atoms with Gasteiger partial charge in [0.2, 0.25) is 0 Å². The number of rotatable bonds is 5. The van der Waals surface area contributed by atoms with E-state index in [1.54, 1.807) is 12.1 Å². The first-order valence-electron chi connectivity index (χ1n) is 7.02. The van der Waals surface area contributed by atoms with Crippen LogP contribution >= 0.6 is 0 Å². The highest BCUT2D eigenvalue weighted by Gasteiger charge is 2.26. The first kappa shape index (κ1) is 14.7. The molecule has 2 heteroatoms. The normalized spacial score (nSPS) is 14.0. The highest BCUT2D eigenvalue weighted by molar-refractivity contribution is 5.30. The summed E-state index contributed by atoms with van der Waals surface area (Å²) in [5.74, 6) is -0.249. The maximum Gasteiger partial charge on any atom is 0.123 e. The molecule has 0 aliphatic carbocycles. The van der Waals surface area contributed by atoms with Crippen LogP contribution in [0, 0.1) is 5.82 Å². The van der Waals surface area contributed by atoms with Crippen LogP contribution in [-0.4, -0.2) is 11.7 Å². The van der Waals surface area contributed by atoms with Gasteiger partial charge in [-0.05, 0) is 41.7 Å². The third kappa shape index (κ3) is 3.26. The summed E-state index contributed by atoms with van der Waals surface area (Å²) in [6.07, 6.45) is 1.76. The number of aryl methyl sites for hydroxylation is 1. The third-order valence-electron chi connectivity index (χ3n) is 3.92. The first-order chi connectivity index (χ1) is 9.57. The Kier molecular flexibility index (Phi) is 4.56. The molecule has 1 N–H and O–H groups in total. The van der Waals surface area contributed by atoms with Crippen LogP contribution < -0.4 is 0 Å². The van der Waals surface area contributed by atoms with Crippen molar-refractivity contribution in [3.8, 4) is 0 Å². The van der Waals surface area contributed by atoms with Crippen LogP contribution in [0.1, 0.15) is 30.5 Å². The maximum absolute atomic E-state index is 13.0. The molecule has 106 valence electrons. The van der Waals surface area contributed by atoms with Gasteiger partial charge in [0.1, 0.15) is 5.82 Å². The second-order valence-electron chi connectivity index (χ2n) is 5.57. The van der Waals surface area contributed by atoms with E-state index in [0.29, 0.717) is 0 Å². The molecule has 0 spiro atoms. The van der Waals surface area contributed by atoms with E-state index in [1.807, 2.05) is 6.92 Å². The fraction of sp³-hybridized carbons (Fsp3) is 0.333. The molecule has 2 aromatic carbocycles. The van der Waals surface area contributed by atoms with Crippen LogP contribution in [0.4, 0.5) is 4.39 Å². The van der Waals surface area contributed by atoms with E-state index in [9.17, 15) is 9.50 Å². The molecule has 20 heavy (non-hydrogen) atoms. The summed E-state index contributed by atoms with van der Waals surface area (Å²) in [6, 6.07) is 14.9. The van der Waals surface area contributed by atoms with Crippen LogP contribution in [0.2, 0.25) is 0 Å². The summed E-state index contributed by atoms with van der Waals surface area (Å²) >= 11 is 0. The van der Waals surface area contributed by atoms with E-state index in [2.05, 4.69) is 31.2 Å². The molecule has 0 heterocycles. The zero-order chi connectivity index (χ0) is 14.6. The molecule has 0 radical (unpaired) electrons. The Hall–Kier alpha value is -1.67. The summed E-state index contributed by atoms with van der Waals surface area (Å²) in [5, 5.41) is 9.78. The highest BCUT2D eigenvalue weighted by atomic mass is 19.1. The number of hydrogen-bond acceptors (Lipinski definition) is 1. The van der Waals surface area contributed by atoms with Crippen LogP contribution in [0.5, 0.6) is 0 Å². The minimum Gasteiger partial charge on any atom is -0.395 e. The van der Waals surface area contributed by atoms with E-state index >= 15 is 0 Å². The fourth-order valence-corrected chi connectivity index (χ4v) is 2.44. The van der Waals surface area contributed by atoms with Crippen molar-refractivity contribution in [3.05, 3.63) is 71.0 Å². The summed E-state index contributed by atoms with van der Waals surface area (Å²) in [4.78, 5) is 0. The Morgan fingerprint density at radius 2 is 1.50 bits per heavy atom. The van der Waals surface area contributed by atoms with Crippen molar-refractivity contribution in [2.75, 3.05) is 6.61 Å². The maximum atomic E-state index is 13.0. The summed E-state index contributed by atoms with van der Waals surface area (Å²) in [6.45, 7) is 4.17. The molecule has 2 aromatic rings. The van der Waals surface area contributed by atoms with Crippen molar-refractivity contribution < 1.29 is 9.50 Å². The number of halogens is 1. The Morgan fingerprint density at radius 1 is 0.950 bits per heavy atom. The molecule has 0 amide bonds. The van der Waals surface area contributed by atoms with Crippen LogP contribution in [0.25, 0.3) is 0 Å². The Balaban J connectivity index is 2.23. The van der Waals surface area contributed by atoms with Crippen LogP contribution in [0.3, 0.4) is 0 Å². The lowest BCUT2D eigenvalue weighted by Gasteiger charge is -2.28. The average molecular weight is 272 g/mol. The Bertz CT molecular complexity index is 545. The Morgan fingerprint density at radius 3 is 2.00 bits per heavy atom. The molecule has 0 aromatic heterocycles. The van der Waals surface area contributed by atoms with Crippen molar-refractivity contribution >= 4 is 0 Å². The average Bonchev–Trinajstić information content (AvgIpc) is 2.48. The molecule has 2 rings (SSSR count). The van der Waals surface area contributed by atoms with Crippen molar-refractivity contribution in [1.82, 2.24) is 0 Å². The van der Waals surface area contributed by atoms with Crippen molar-refractivity contribution in [3.63, 3.8) is 0 Å². The predicted octanol–water partition coefficient (Wildman–Crippen LogP) is 3.88. The second kappa shape index (κ2) is 6.19. The molecule has 0 aliphatic heterocycles. The van der Waals surface area contributed by atoms with Gasteiger partial charge in [0, 0.05) is 5.41 Å². The largest absolute Gasteiger partial charge is 0.395 e. The molecular weight excluding hydrogens is 251 g/mol. The van der Waals surface area contributed by atoms with Gasteiger partial charge < -0.3 is 5.11 Å². The SMILES string of the molecule is CCc1ccc(CC(C)(CO)c2ccc(F)cc2)cc1. The van der Waals surface area contributed by atoms with Gasteiger partial charge >= 0.3 is 0 Å². The quantitative estimate of drug-likeness (QED) is 0.875. The molecule has 0 fully saturated rings. The number of aliphatic hydroxyl groups is 1. The summed E-state index contributed by atoms with van der Waals surface area (Å²) in [7, 11) is 0. The van der Waals surface area contributed by atoms with Crippen LogP contribution in [0.15, 0.2) is 48.5 Å². The highest BCUT2D eigenvalue weighted by Crippen LogP contribution is 2.28. The van der Waals surface area contributed by atoms with E-state index in [1.165, 1.54) is 23.3 Å². The number of hydrogen-bond donors (Lipinski definition) is 1. The van der Waals surface area contributed by atoms with Gasteiger partial charge in [0.05, 0.1) is 6.61 Å². The fourth-order valence-electron chi connectivity index (χ4n) is 2.44. The lowest BCUT2D eigenvalue weighted by molar-refractivity contribution is 0.204. The zero-order valence-electron chi connectivity index (χ0n) is 12.1. The molecular formula is C18H21FO. The molecule has 1 unspecified atom stereocenters. The first-order valence-corrected chi connectivity index (χ1v) is 7.02. The predicted molar refractivity (Wildman–Crippen MR) is 80.4 cm³/mol. The lowest BCUT2D eigenvalue weighted by atomic mass is 9.78. The van der Waals surface area contributed by atoms with E-state index in [-0.39, 0.29) is 17.8 Å². The van der Waals surface area contributed by atoms with E-state index in [0.717, 1.165) is 18.4 Å². The molecule has 0 bridgehead atoms. The zero-order valence-corrected chi connectivity index (χ0v) is 12.1. The van der Waals surface area contributed by atoms with Gasteiger partial charge in [0.15, 0.2) is 0 Å². The van der Waals surface area contributed by atoms with Gasteiger partial charge in [-0.15, -0.1) is 0 Å². The molecule has 0 saturated heterocycles. The Labute approximate surface area is 120 Å². The van der Waals surface area contributed by atoms with Crippen LogP contribution in [-0.2, 0) is 18.3 Å². The van der Waals surface area contributed by atoms with Gasteiger partial charge in [-0.3, -0.25) is 0 Å². The summed E-state index contributed by atoms with van der Waals surface area (Å²) < 4.78 is 13.0. The van der Waals surface area contributed by atoms with Gasteiger partial charge in [0.25, 0.3) is 0 Å². The van der Waals surface area contributed by atoms with Gasteiger partial charge in [-0.25, -0.2) is 4.39 Å². The monoisotopic (exact) mass is 272 g/mol. The third-order valence-corrected chi connectivity index (χ3v) is 3.92. The summed E-state index contributed by atoms with van der Waals surface area (Å²) in [5.41, 5.74) is 3.06. The lowest BCUT2D eigenvalue weighted by Crippen LogP contribution is -2.29. The molecule has 1 atom stereocenters. The van der Waals surface area contributed by atoms with E-state index < -0.39 is 0 Å². The smallest absolute Gasteiger partial charge is 0.123 e. The van der Waals surface area contributed by atoms with Gasteiger partial charge in [-0.2, -0.15) is 0 Å². The molecule has 0 aliphatic rings. The minimum atomic E-state index is -0.387. The number of benzene rings is 2. The second-order valence-corrected chi connectivity index (χ2v) is 5.57. The minimum absolute atomic E-state index is 0.0359. The van der Waals surface area contributed by atoms with Gasteiger partial charge in [-0.1, -0.05) is 50.2 Å².